The summed E-state index contributed by atoms with van der Waals surface area (Å²) in [6.07, 6.45) is 5.18. The molecule has 2 fully saturated rings. The van der Waals surface area contributed by atoms with Gasteiger partial charge < -0.3 is 10.1 Å². The molecule has 2 atom stereocenters. The van der Waals surface area contributed by atoms with Gasteiger partial charge in [-0.2, -0.15) is 5.10 Å². The summed E-state index contributed by atoms with van der Waals surface area (Å²) in [7, 11) is 0. The molecular formula is C19H25N5O. The first-order valence-electron chi connectivity index (χ1n) is 9.04. The number of ether oxygens (including phenoxy) is 1. The van der Waals surface area contributed by atoms with Gasteiger partial charge in [0.25, 0.3) is 0 Å². The van der Waals surface area contributed by atoms with Crippen molar-refractivity contribution in [2.45, 2.75) is 44.4 Å². The van der Waals surface area contributed by atoms with Gasteiger partial charge in [0.15, 0.2) is 0 Å². The van der Waals surface area contributed by atoms with Crippen LogP contribution in [0.15, 0.2) is 36.5 Å². The van der Waals surface area contributed by atoms with Crippen LogP contribution in [0.3, 0.4) is 0 Å². The maximum absolute atomic E-state index is 6.29. The molecule has 0 aromatic carbocycles. The zero-order valence-electron chi connectivity index (χ0n) is 14.7. The first-order chi connectivity index (χ1) is 12.2. The molecule has 25 heavy (non-hydrogen) atoms. The Balaban J connectivity index is 1.36. The van der Waals surface area contributed by atoms with E-state index in [2.05, 4.69) is 37.5 Å². The minimum atomic E-state index is -0.0389. The monoisotopic (exact) mass is 339 g/mol. The molecule has 2 unspecified atom stereocenters. The lowest BCUT2D eigenvalue weighted by Crippen LogP contribution is -2.47. The number of anilines is 1. The zero-order valence-corrected chi connectivity index (χ0v) is 14.7. The number of hydrogen-bond acceptors (Lipinski definition) is 6. The molecule has 0 radical (unpaired) electrons. The summed E-state index contributed by atoms with van der Waals surface area (Å²) >= 11 is 0. The van der Waals surface area contributed by atoms with E-state index >= 15 is 0 Å². The zero-order chi connectivity index (χ0) is 17.1. The summed E-state index contributed by atoms with van der Waals surface area (Å²) in [6, 6.07) is 10.4. The van der Waals surface area contributed by atoms with Crippen LogP contribution in [-0.4, -0.2) is 51.4 Å². The predicted molar refractivity (Wildman–Crippen MR) is 96.2 cm³/mol. The number of hydrogen-bond donors (Lipinski definition) is 1. The first kappa shape index (κ1) is 16.4. The lowest BCUT2D eigenvalue weighted by Gasteiger charge is -2.39. The van der Waals surface area contributed by atoms with E-state index in [0.29, 0.717) is 6.04 Å². The van der Waals surface area contributed by atoms with Gasteiger partial charge in [-0.15, -0.1) is 5.10 Å². The van der Waals surface area contributed by atoms with Crippen molar-refractivity contribution in [1.29, 1.82) is 0 Å². The molecule has 6 nitrogen and oxygen atoms in total. The number of likely N-dealkylation sites (tertiary alicyclic amines) is 1. The Kier molecular flexibility index (Phi) is 4.63. The van der Waals surface area contributed by atoms with E-state index in [9.17, 15) is 0 Å². The lowest BCUT2D eigenvalue weighted by molar-refractivity contribution is -0.0535. The van der Waals surface area contributed by atoms with Crippen molar-refractivity contribution in [3.63, 3.8) is 0 Å². The number of aryl methyl sites for hydroxylation is 1. The number of nitrogens with one attached hydrogen (secondary N) is 1. The Morgan fingerprint density at radius 3 is 3.04 bits per heavy atom. The van der Waals surface area contributed by atoms with Crippen molar-refractivity contribution < 1.29 is 4.74 Å². The van der Waals surface area contributed by atoms with E-state index in [1.54, 1.807) is 0 Å². The summed E-state index contributed by atoms with van der Waals surface area (Å²) in [5, 5.41) is 11.8. The third kappa shape index (κ3) is 3.96. The molecule has 0 saturated carbocycles. The molecule has 6 heteroatoms. The molecular weight excluding hydrogens is 314 g/mol. The van der Waals surface area contributed by atoms with Crippen LogP contribution in [0.25, 0.3) is 0 Å². The van der Waals surface area contributed by atoms with Gasteiger partial charge in [-0.25, -0.2) is 0 Å². The van der Waals surface area contributed by atoms with Crippen LogP contribution >= 0.6 is 0 Å². The second kappa shape index (κ2) is 7.06. The van der Waals surface area contributed by atoms with E-state index in [0.717, 1.165) is 56.3 Å². The van der Waals surface area contributed by atoms with Crippen LogP contribution in [0.1, 0.15) is 30.7 Å². The van der Waals surface area contributed by atoms with Gasteiger partial charge in [-0.05, 0) is 50.6 Å². The molecule has 0 amide bonds. The molecule has 4 heterocycles. The van der Waals surface area contributed by atoms with E-state index in [1.165, 1.54) is 6.42 Å². The van der Waals surface area contributed by atoms with Gasteiger partial charge in [0.05, 0.1) is 29.6 Å². The highest BCUT2D eigenvalue weighted by Gasteiger charge is 2.43. The van der Waals surface area contributed by atoms with Crippen LogP contribution in [0.5, 0.6) is 0 Å². The van der Waals surface area contributed by atoms with E-state index < -0.39 is 0 Å². The Bertz CT molecular complexity index is 693. The number of nitrogens with zero attached hydrogens (tertiary/aromatic N) is 4. The van der Waals surface area contributed by atoms with Gasteiger partial charge in [0.2, 0.25) is 0 Å². The SMILES string of the molecule is Cc1ccc(NC2COC3(CCCN(Cc4ccccn4)C3)C2)nn1. The topological polar surface area (TPSA) is 63.2 Å². The van der Waals surface area contributed by atoms with Crippen LogP contribution in [-0.2, 0) is 11.3 Å². The highest BCUT2D eigenvalue weighted by molar-refractivity contribution is 5.34. The summed E-state index contributed by atoms with van der Waals surface area (Å²) in [5.41, 5.74) is 2.02. The van der Waals surface area contributed by atoms with Crippen molar-refractivity contribution >= 4 is 5.82 Å². The second-order valence-electron chi connectivity index (χ2n) is 7.23. The predicted octanol–water partition coefficient (Wildman–Crippen LogP) is 2.42. The summed E-state index contributed by atoms with van der Waals surface area (Å²) in [6.45, 7) is 5.66. The Morgan fingerprint density at radius 1 is 1.28 bits per heavy atom. The van der Waals surface area contributed by atoms with Crippen LogP contribution in [0, 0.1) is 6.92 Å². The first-order valence-corrected chi connectivity index (χ1v) is 9.04. The summed E-state index contributed by atoms with van der Waals surface area (Å²) in [5.74, 6) is 0.831. The highest BCUT2D eigenvalue weighted by Crippen LogP contribution is 2.36. The van der Waals surface area contributed by atoms with Gasteiger partial charge in [-0.1, -0.05) is 6.07 Å². The molecule has 2 aromatic heterocycles. The number of rotatable bonds is 4. The molecule has 2 aliphatic heterocycles. The van der Waals surface area contributed by atoms with Crippen molar-refractivity contribution in [2.24, 2.45) is 0 Å². The lowest BCUT2D eigenvalue weighted by atomic mass is 9.88. The fourth-order valence-electron chi connectivity index (χ4n) is 3.95. The fourth-order valence-corrected chi connectivity index (χ4v) is 3.95. The van der Waals surface area contributed by atoms with Gasteiger partial charge >= 0.3 is 0 Å². The molecule has 2 aliphatic rings. The number of pyridine rings is 1. The molecule has 2 aromatic rings. The van der Waals surface area contributed by atoms with Crippen molar-refractivity contribution in [3.8, 4) is 0 Å². The van der Waals surface area contributed by atoms with E-state index in [-0.39, 0.29) is 5.60 Å². The summed E-state index contributed by atoms with van der Waals surface area (Å²) in [4.78, 5) is 6.93. The van der Waals surface area contributed by atoms with Crippen LogP contribution < -0.4 is 5.32 Å². The highest BCUT2D eigenvalue weighted by atomic mass is 16.5. The standard InChI is InChI=1S/C19H25N5O/c1-15-6-7-18(23-22-15)21-17-11-19(25-13-17)8-4-10-24(14-19)12-16-5-2-3-9-20-16/h2-3,5-7,9,17H,4,8,10-14H2,1H3,(H,21,23). The van der Waals surface area contributed by atoms with E-state index in [1.807, 2.05) is 31.3 Å². The van der Waals surface area contributed by atoms with Crippen molar-refractivity contribution in [3.05, 3.63) is 47.9 Å². The average Bonchev–Trinajstić information content (AvgIpc) is 3.00. The largest absolute Gasteiger partial charge is 0.371 e. The van der Waals surface area contributed by atoms with Crippen LogP contribution in [0.2, 0.25) is 0 Å². The molecule has 0 bridgehead atoms. The van der Waals surface area contributed by atoms with Crippen molar-refractivity contribution in [2.75, 3.05) is 25.0 Å². The third-order valence-corrected chi connectivity index (χ3v) is 5.09. The van der Waals surface area contributed by atoms with Gasteiger partial charge in [0, 0.05) is 25.7 Å². The molecule has 1 spiro atoms. The van der Waals surface area contributed by atoms with Crippen LogP contribution in [0.4, 0.5) is 5.82 Å². The van der Waals surface area contributed by atoms with Gasteiger partial charge in [-0.3, -0.25) is 9.88 Å². The normalized spacial score (nSPS) is 26.8. The fraction of sp³-hybridized carbons (Fsp3) is 0.526. The second-order valence-corrected chi connectivity index (χ2v) is 7.23. The van der Waals surface area contributed by atoms with Gasteiger partial charge in [0.1, 0.15) is 5.82 Å². The number of aromatic nitrogens is 3. The van der Waals surface area contributed by atoms with Crippen molar-refractivity contribution in [1.82, 2.24) is 20.1 Å². The maximum atomic E-state index is 6.29. The Morgan fingerprint density at radius 2 is 2.24 bits per heavy atom. The average molecular weight is 339 g/mol. The maximum Gasteiger partial charge on any atom is 0.148 e. The molecule has 4 rings (SSSR count). The Hall–Kier alpha value is -2.05. The van der Waals surface area contributed by atoms with E-state index in [4.69, 9.17) is 4.74 Å². The third-order valence-electron chi connectivity index (χ3n) is 5.09. The smallest absolute Gasteiger partial charge is 0.148 e. The number of piperidine rings is 1. The summed E-state index contributed by atoms with van der Waals surface area (Å²) < 4.78 is 6.29. The quantitative estimate of drug-likeness (QED) is 0.923. The molecule has 132 valence electrons. The minimum absolute atomic E-state index is 0.0389. The molecule has 2 saturated heterocycles. The molecule has 0 aliphatic carbocycles. The molecule has 1 N–H and O–H groups in total. The Labute approximate surface area is 148 Å². The minimum Gasteiger partial charge on any atom is -0.371 e.